The maximum Gasteiger partial charge on any atom is 0.223 e. The number of hydrogen-bond donors (Lipinski definition) is 0. The normalized spacial score (nSPS) is 16.1. The molecule has 0 spiro atoms. The van der Waals surface area contributed by atoms with E-state index in [1.165, 1.54) is 0 Å². The van der Waals surface area contributed by atoms with Gasteiger partial charge in [-0.1, -0.05) is 0 Å². The molecule has 3 nitrogen and oxygen atoms in total. The van der Waals surface area contributed by atoms with Gasteiger partial charge in [0.25, 0.3) is 0 Å². The minimum Gasteiger partial charge on any atom is -0.343 e. The average molecular weight is 184 g/mol. The highest BCUT2D eigenvalue weighted by Crippen LogP contribution is 2.10. The van der Waals surface area contributed by atoms with E-state index in [0.717, 1.165) is 37.7 Å². The summed E-state index contributed by atoms with van der Waals surface area (Å²) in [6.07, 6.45) is 2.78. The molecule has 66 valence electrons. The molecule has 0 aromatic carbocycles. The molecule has 0 radical (unpaired) electrons. The summed E-state index contributed by atoms with van der Waals surface area (Å²) in [5, 5.41) is 10.2. The van der Waals surface area contributed by atoms with Crippen LogP contribution in [-0.4, -0.2) is 29.6 Å². The van der Waals surface area contributed by atoms with Crippen molar-refractivity contribution < 1.29 is 4.79 Å². The van der Waals surface area contributed by atoms with Crippen LogP contribution in [0.3, 0.4) is 0 Å². The standard InChI is InChI=1S/C8H12N2OS/c9-7-12-6-3-8(11)10-4-1-2-5-10/h1-6H2. The van der Waals surface area contributed by atoms with Crippen molar-refractivity contribution in [2.45, 2.75) is 19.3 Å². The van der Waals surface area contributed by atoms with Crippen LogP contribution in [-0.2, 0) is 4.79 Å². The Balaban J connectivity index is 2.15. The van der Waals surface area contributed by atoms with Crippen molar-refractivity contribution in [3.63, 3.8) is 0 Å². The first kappa shape index (κ1) is 9.40. The van der Waals surface area contributed by atoms with Gasteiger partial charge in [0.15, 0.2) is 0 Å². The molecule has 0 atom stereocenters. The first-order valence-electron chi connectivity index (χ1n) is 4.13. The van der Waals surface area contributed by atoms with Crippen LogP contribution in [0.25, 0.3) is 0 Å². The van der Waals surface area contributed by atoms with Crippen LogP contribution in [0.2, 0.25) is 0 Å². The highest BCUT2D eigenvalue weighted by molar-refractivity contribution is 8.03. The zero-order valence-corrected chi connectivity index (χ0v) is 7.77. The second-order valence-corrected chi connectivity index (χ2v) is 3.66. The second-order valence-electron chi connectivity index (χ2n) is 2.78. The van der Waals surface area contributed by atoms with Crippen LogP contribution in [0.5, 0.6) is 0 Å². The molecule has 12 heavy (non-hydrogen) atoms. The minimum absolute atomic E-state index is 0.204. The van der Waals surface area contributed by atoms with Gasteiger partial charge in [0.2, 0.25) is 5.91 Å². The maximum atomic E-state index is 11.3. The monoisotopic (exact) mass is 184 g/mol. The molecule has 0 bridgehead atoms. The lowest BCUT2D eigenvalue weighted by Gasteiger charge is -2.13. The van der Waals surface area contributed by atoms with Crippen LogP contribution < -0.4 is 0 Å². The van der Waals surface area contributed by atoms with E-state index in [9.17, 15) is 4.79 Å². The van der Waals surface area contributed by atoms with Crippen molar-refractivity contribution in [1.82, 2.24) is 4.90 Å². The predicted octanol–water partition coefficient (Wildman–Crippen LogP) is 1.21. The molecule has 0 saturated carbocycles. The van der Waals surface area contributed by atoms with Crippen LogP contribution in [0.15, 0.2) is 0 Å². The van der Waals surface area contributed by atoms with Gasteiger partial charge in [0.1, 0.15) is 5.40 Å². The van der Waals surface area contributed by atoms with Crippen molar-refractivity contribution in [2.75, 3.05) is 18.8 Å². The largest absolute Gasteiger partial charge is 0.343 e. The van der Waals surface area contributed by atoms with Crippen LogP contribution in [0.4, 0.5) is 0 Å². The first-order chi connectivity index (χ1) is 5.84. The Bertz CT molecular complexity index is 194. The fourth-order valence-electron chi connectivity index (χ4n) is 1.31. The van der Waals surface area contributed by atoms with Crippen molar-refractivity contribution >= 4 is 17.7 Å². The number of thiocyanates is 1. The highest BCUT2D eigenvalue weighted by Gasteiger charge is 2.16. The molecule has 0 aromatic rings. The lowest BCUT2D eigenvalue weighted by Crippen LogP contribution is -2.27. The van der Waals surface area contributed by atoms with Gasteiger partial charge in [-0.3, -0.25) is 4.79 Å². The van der Waals surface area contributed by atoms with Gasteiger partial charge in [-0.25, -0.2) is 0 Å². The summed E-state index contributed by atoms with van der Waals surface area (Å²) in [6, 6.07) is 0. The SMILES string of the molecule is N#CSCCC(=O)N1CCCC1. The molecule has 1 heterocycles. The Morgan fingerprint density at radius 2 is 2.17 bits per heavy atom. The summed E-state index contributed by atoms with van der Waals surface area (Å²) < 4.78 is 0. The molecule has 0 N–H and O–H groups in total. The van der Waals surface area contributed by atoms with Gasteiger partial charge in [-0.2, -0.15) is 5.26 Å². The van der Waals surface area contributed by atoms with Gasteiger partial charge in [0.05, 0.1) is 0 Å². The number of hydrogen-bond acceptors (Lipinski definition) is 3. The van der Waals surface area contributed by atoms with Gasteiger partial charge >= 0.3 is 0 Å². The Kier molecular flexibility index (Phi) is 3.95. The smallest absolute Gasteiger partial charge is 0.223 e. The third-order valence-electron chi connectivity index (χ3n) is 1.94. The fraction of sp³-hybridized carbons (Fsp3) is 0.750. The summed E-state index contributed by atoms with van der Waals surface area (Å²) in [5.74, 6) is 0.835. The fourth-order valence-corrected chi connectivity index (χ4v) is 1.68. The molecular formula is C8H12N2OS. The number of carbonyl (C=O) groups is 1. The van der Waals surface area contributed by atoms with E-state index in [-0.39, 0.29) is 5.91 Å². The van der Waals surface area contributed by atoms with E-state index in [0.29, 0.717) is 12.2 Å². The van der Waals surface area contributed by atoms with Gasteiger partial charge < -0.3 is 4.90 Å². The van der Waals surface area contributed by atoms with Gasteiger partial charge in [-0.15, -0.1) is 0 Å². The Hall–Kier alpha value is -0.690. The number of nitriles is 1. The third-order valence-corrected chi connectivity index (χ3v) is 2.48. The van der Waals surface area contributed by atoms with E-state index in [1.807, 2.05) is 10.3 Å². The van der Waals surface area contributed by atoms with Crippen molar-refractivity contribution in [2.24, 2.45) is 0 Å². The van der Waals surface area contributed by atoms with E-state index in [1.54, 1.807) is 0 Å². The lowest BCUT2D eigenvalue weighted by molar-refractivity contribution is -0.129. The molecular weight excluding hydrogens is 172 g/mol. The van der Waals surface area contributed by atoms with Gasteiger partial charge in [-0.05, 0) is 24.6 Å². The summed E-state index contributed by atoms with van der Waals surface area (Å²) in [4.78, 5) is 13.2. The first-order valence-corrected chi connectivity index (χ1v) is 5.12. The van der Waals surface area contributed by atoms with E-state index >= 15 is 0 Å². The zero-order chi connectivity index (χ0) is 8.81. The molecule has 0 unspecified atom stereocenters. The quantitative estimate of drug-likeness (QED) is 0.489. The molecule has 0 aliphatic carbocycles. The molecule has 1 rings (SSSR count). The Morgan fingerprint density at radius 3 is 2.75 bits per heavy atom. The molecule has 1 fully saturated rings. The molecule has 4 heteroatoms. The Morgan fingerprint density at radius 1 is 1.50 bits per heavy atom. The van der Waals surface area contributed by atoms with E-state index in [4.69, 9.17) is 5.26 Å². The molecule has 1 saturated heterocycles. The van der Waals surface area contributed by atoms with Crippen LogP contribution >= 0.6 is 11.8 Å². The predicted molar refractivity (Wildman–Crippen MR) is 48.5 cm³/mol. The number of carbonyl (C=O) groups excluding carboxylic acids is 1. The number of thioether (sulfide) groups is 1. The van der Waals surface area contributed by atoms with E-state index in [2.05, 4.69) is 0 Å². The van der Waals surface area contributed by atoms with Crippen LogP contribution in [0.1, 0.15) is 19.3 Å². The van der Waals surface area contributed by atoms with Gasteiger partial charge in [0, 0.05) is 25.3 Å². The average Bonchev–Trinajstić information content (AvgIpc) is 2.56. The lowest BCUT2D eigenvalue weighted by atomic mass is 10.4. The molecule has 1 amide bonds. The summed E-state index contributed by atoms with van der Waals surface area (Å²) in [7, 11) is 0. The number of rotatable bonds is 3. The van der Waals surface area contributed by atoms with Crippen molar-refractivity contribution in [3.8, 4) is 5.40 Å². The van der Waals surface area contributed by atoms with Crippen molar-refractivity contribution in [1.29, 1.82) is 5.26 Å². The third kappa shape index (κ3) is 2.74. The molecule has 0 aromatic heterocycles. The van der Waals surface area contributed by atoms with E-state index < -0.39 is 0 Å². The molecule has 1 aliphatic rings. The Labute approximate surface area is 76.7 Å². The number of amides is 1. The maximum absolute atomic E-state index is 11.3. The number of likely N-dealkylation sites (tertiary alicyclic amines) is 1. The highest BCUT2D eigenvalue weighted by atomic mass is 32.2. The zero-order valence-electron chi connectivity index (χ0n) is 6.95. The summed E-state index contributed by atoms with van der Waals surface area (Å²) >= 11 is 1.15. The van der Waals surface area contributed by atoms with Crippen molar-refractivity contribution in [3.05, 3.63) is 0 Å². The van der Waals surface area contributed by atoms with Crippen LogP contribution in [0, 0.1) is 10.7 Å². The summed E-state index contributed by atoms with van der Waals surface area (Å²) in [6.45, 7) is 1.83. The topological polar surface area (TPSA) is 44.1 Å². The summed E-state index contributed by atoms with van der Waals surface area (Å²) in [5.41, 5.74) is 0. The number of nitrogens with zero attached hydrogens (tertiary/aromatic N) is 2. The molecule has 1 aliphatic heterocycles. The minimum atomic E-state index is 0.204. The second kappa shape index (κ2) is 5.04.